The van der Waals surface area contributed by atoms with Gasteiger partial charge in [-0.15, -0.1) is 0 Å². The summed E-state index contributed by atoms with van der Waals surface area (Å²) < 4.78 is 21.3. The van der Waals surface area contributed by atoms with Crippen molar-refractivity contribution in [3.63, 3.8) is 0 Å². The molecule has 0 fully saturated rings. The largest absolute Gasteiger partial charge is 0.484 e. The summed E-state index contributed by atoms with van der Waals surface area (Å²) in [6.45, 7) is 10.5. The van der Waals surface area contributed by atoms with Gasteiger partial charge in [0.15, 0.2) is 13.2 Å². The Hall–Kier alpha value is -2.74. The number of esters is 1. The van der Waals surface area contributed by atoms with Crippen LogP contribution in [0.3, 0.4) is 0 Å². The van der Waals surface area contributed by atoms with Gasteiger partial charge >= 0.3 is 5.97 Å². The van der Waals surface area contributed by atoms with Crippen LogP contribution in [0.2, 0.25) is 0 Å². The van der Waals surface area contributed by atoms with Gasteiger partial charge in [-0.2, -0.15) is 0 Å². The second kappa shape index (κ2) is 12.0. The number of benzene rings is 1. The second-order valence-corrected chi connectivity index (χ2v) is 7.40. The molecular formula is C21H32N2O6. The van der Waals surface area contributed by atoms with Crippen molar-refractivity contribution in [3.8, 4) is 11.5 Å². The Kier molecular flexibility index (Phi) is 10.0. The van der Waals surface area contributed by atoms with Crippen molar-refractivity contribution in [1.29, 1.82) is 0 Å². The molecule has 1 rings (SSSR count). The Morgan fingerprint density at radius 3 is 2.10 bits per heavy atom. The van der Waals surface area contributed by atoms with E-state index in [1.165, 1.54) is 7.05 Å². The van der Waals surface area contributed by atoms with Crippen LogP contribution in [0.5, 0.6) is 11.5 Å². The summed E-state index contributed by atoms with van der Waals surface area (Å²) in [5.74, 6) is 0.278. The Bertz CT molecular complexity index is 667. The van der Waals surface area contributed by atoms with E-state index < -0.39 is 12.1 Å². The summed E-state index contributed by atoms with van der Waals surface area (Å²) in [5.41, 5.74) is 0.755. The maximum Gasteiger partial charge on any atom is 0.344 e. The highest BCUT2D eigenvalue weighted by molar-refractivity contribution is 5.77. The van der Waals surface area contributed by atoms with Crippen LogP contribution in [-0.4, -0.2) is 58.5 Å². The monoisotopic (exact) mass is 408 g/mol. The molecule has 0 spiro atoms. The van der Waals surface area contributed by atoms with Crippen LogP contribution in [0.15, 0.2) is 36.5 Å². The Morgan fingerprint density at radius 1 is 1.07 bits per heavy atom. The third kappa shape index (κ3) is 9.84. The summed E-state index contributed by atoms with van der Waals surface area (Å²) in [5, 5.41) is 5.65. The lowest BCUT2D eigenvalue weighted by Gasteiger charge is -2.25. The molecule has 0 saturated carbocycles. The number of ether oxygens (including phenoxy) is 4. The normalized spacial score (nSPS) is 11.9. The minimum Gasteiger partial charge on any atom is -0.484 e. The lowest BCUT2D eigenvalue weighted by atomic mass is 9.93. The molecule has 2 N–H and O–H groups in total. The zero-order chi connectivity index (χ0) is 21.9. The first-order valence-corrected chi connectivity index (χ1v) is 9.33. The molecule has 1 aromatic carbocycles. The maximum atomic E-state index is 12.1. The predicted octanol–water partition coefficient (Wildman–Crippen LogP) is 1.90. The second-order valence-electron chi connectivity index (χ2n) is 7.40. The van der Waals surface area contributed by atoms with E-state index in [1.807, 2.05) is 20.8 Å². The van der Waals surface area contributed by atoms with E-state index >= 15 is 0 Å². The number of nitrogens with one attached hydrogen (secondary N) is 2. The number of methoxy groups -OCH3 is 1. The van der Waals surface area contributed by atoms with Crippen molar-refractivity contribution in [3.05, 3.63) is 36.5 Å². The van der Waals surface area contributed by atoms with Gasteiger partial charge in [0.05, 0.1) is 13.2 Å². The van der Waals surface area contributed by atoms with E-state index in [0.29, 0.717) is 18.0 Å². The third-order valence-electron chi connectivity index (χ3n) is 3.93. The Morgan fingerprint density at radius 2 is 1.62 bits per heavy atom. The van der Waals surface area contributed by atoms with E-state index in [9.17, 15) is 9.59 Å². The van der Waals surface area contributed by atoms with Crippen LogP contribution in [-0.2, 0) is 19.1 Å². The van der Waals surface area contributed by atoms with Crippen molar-refractivity contribution in [1.82, 2.24) is 10.6 Å². The topological polar surface area (TPSA) is 95.1 Å². The van der Waals surface area contributed by atoms with Gasteiger partial charge in [-0.1, -0.05) is 27.4 Å². The SMILES string of the molecule is C=C(NCC(COC)OC(=O)COc1ccc(OCC(=O)NC)cc1)C(C)(C)C. The molecule has 0 aliphatic heterocycles. The fourth-order valence-electron chi connectivity index (χ4n) is 2.04. The van der Waals surface area contributed by atoms with E-state index in [4.69, 9.17) is 18.9 Å². The molecule has 1 aromatic rings. The van der Waals surface area contributed by atoms with E-state index in [0.717, 1.165) is 5.70 Å². The number of carbonyl (C=O) groups is 2. The molecule has 0 saturated heterocycles. The molecule has 0 heterocycles. The van der Waals surface area contributed by atoms with Gasteiger partial charge in [-0.3, -0.25) is 4.79 Å². The molecule has 0 radical (unpaired) electrons. The van der Waals surface area contributed by atoms with Gasteiger partial charge in [0.2, 0.25) is 0 Å². The lowest BCUT2D eigenvalue weighted by Crippen LogP contribution is -2.37. The van der Waals surface area contributed by atoms with Crippen molar-refractivity contribution in [2.75, 3.05) is 40.5 Å². The zero-order valence-corrected chi connectivity index (χ0v) is 17.9. The van der Waals surface area contributed by atoms with Gasteiger partial charge < -0.3 is 29.6 Å². The van der Waals surface area contributed by atoms with Gasteiger partial charge in [0.25, 0.3) is 5.91 Å². The smallest absolute Gasteiger partial charge is 0.344 e. The van der Waals surface area contributed by atoms with Crippen molar-refractivity contribution < 1.29 is 28.5 Å². The molecule has 0 aromatic heterocycles. The van der Waals surface area contributed by atoms with Crippen LogP contribution in [0, 0.1) is 5.41 Å². The minimum absolute atomic E-state index is 0.0699. The van der Waals surface area contributed by atoms with Crippen LogP contribution in [0.25, 0.3) is 0 Å². The highest BCUT2D eigenvalue weighted by atomic mass is 16.6. The average Bonchev–Trinajstić information content (AvgIpc) is 2.68. The van der Waals surface area contributed by atoms with Gasteiger partial charge in [-0.05, 0) is 24.3 Å². The summed E-state index contributed by atoms with van der Waals surface area (Å²) in [6, 6.07) is 6.60. The number of amides is 1. The highest BCUT2D eigenvalue weighted by Gasteiger charge is 2.19. The summed E-state index contributed by atoms with van der Waals surface area (Å²) in [4.78, 5) is 23.3. The van der Waals surface area contributed by atoms with Crippen LogP contribution >= 0.6 is 0 Å². The molecule has 1 atom stereocenters. The summed E-state index contributed by atoms with van der Waals surface area (Å²) in [6.07, 6.45) is -0.462. The van der Waals surface area contributed by atoms with Crippen molar-refractivity contribution >= 4 is 11.9 Å². The zero-order valence-electron chi connectivity index (χ0n) is 17.9. The number of likely N-dealkylation sites (N-methyl/N-ethyl adjacent to an activating group) is 1. The third-order valence-corrected chi connectivity index (χ3v) is 3.93. The number of allylic oxidation sites excluding steroid dienone is 1. The van der Waals surface area contributed by atoms with Crippen LogP contribution in [0.4, 0.5) is 0 Å². The fraction of sp³-hybridized carbons (Fsp3) is 0.524. The summed E-state index contributed by atoms with van der Waals surface area (Å²) in [7, 11) is 3.08. The molecule has 0 bridgehead atoms. The number of hydrogen-bond acceptors (Lipinski definition) is 7. The summed E-state index contributed by atoms with van der Waals surface area (Å²) >= 11 is 0. The first-order valence-electron chi connectivity index (χ1n) is 9.33. The van der Waals surface area contributed by atoms with E-state index in [1.54, 1.807) is 31.4 Å². The van der Waals surface area contributed by atoms with Crippen LogP contribution < -0.4 is 20.1 Å². The number of hydrogen-bond donors (Lipinski definition) is 2. The van der Waals surface area contributed by atoms with Gasteiger partial charge in [0, 0.05) is 25.3 Å². The Balaban J connectivity index is 2.45. The molecular weight excluding hydrogens is 376 g/mol. The first-order chi connectivity index (χ1) is 13.7. The molecule has 1 amide bonds. The van der Waals surface area contributed by atoms with Crippen LogP contribution in [0.1, 0.15) is 20.8 Å². The molecule has 162 valence electrons. The maximum absolute atomic E-state index is 12.1. The molecule has 0 aliphatic rings. The number of rotatable bonds is 12. The highest BCUT2D eigenvalue weighted by Crippen LogP contribution is 2.21. The van der Waals surface area contributed by atoms with Crippen molar-refractivity contribution in [2.24, 2.45) is 5.41 Å². The first kappa shape index (κ1) is 24.3. The van der Waals surface area contributed by atoms with Gasteiger partial charge in [-0.25, -0.2) is 4.79 Å². The van der Waals surface area contributed by atoms with E-state index in [-0.39, 0.29) is 31.1 Å². The lowest BCUT2D eigenvalue weighted by molar-refractivity contribution is -0.153. The standard InChI is InChI=1S/C21H32N2O6/c1-15(21(2,3)4)23-11-18(12-26-6)29-20(25)14-28-17-9-7-16(8-10-17)27-13-19(24)22-5/h7-10,18,23H,1,11-14H2,2-6H3,(H,22,24). The molecule has 8 heteroatoms. The predicted molar refractivity (Wildman–Crippen MR) is 110 cm³/mol. The average molecular weight is 408 g/mol. The molecule has 29 heavy (non-hydrogen) atoms. The number of carbonyl (C=O) groups excluding carboxylic acids is 2. The van der Waals surface area contributed by atoms with E-state index in [2.05, 4.69) is 17.2 Å². The molecule has 0 aliphatic carbocycles. The van der Waals surface area contributed by atoms with Crippen molar-refractivity contribution in [2.45, 2.75) is 26.9 Å². The fourth-order valence-corrected chi connectivity index (χ4v) is 2.04. The molecule has 1 unspecified atom stereocenters. The van der Waals surface area contributed by atoms with Gasteiger partial charge in [0.1, 0.15) is 17.6 Å². The Labute approximate surface area is 172 Å². The molecule has 8 nitrogen and oxygen atoms in total. The quantitative estimate of drug-likeness (QED) is 0.510. The minimum atomic E-state index is -0.504.